The molecule has 5 nitrogen and oxygen atoms in total. The fourth-order valence-corrected chi connectivity index (χ4v) is 1.92. The molecule has 0 aromatic carbocycles. The molecule has 2 N–H and O–H groups in total. The van der Waals surface area contributed by atoms with Crippen LogP contribution in [0.3, 0.4) is 0 Å². The molecule has 17 heavy (non-hydrogen) atoms. The van der Waals surface area contributed by atoms with E-state index in [2.05, 4.69) is 10.6 Å². The van der Waals surface area contributed by atoms with Gasteiger partial charge in [0.2, 0.25) is 0 Å². The van der Waals surface area contributed by atoms with Crippen LogP contribution in [0.1, 0.15) is 25.3 Å². The van der Waals surface area contributed by atoms with Crippen LogP contribution in [0, 0.1) is 0 Å². The third kappa shape index (κ3) is 3.49. The molecule has 5 heteroatoms. The molecule has 0 aliphatic carbocycles. The highest BCUT2D eigenvalue weighted by atomic mass is 16.5. The zero-order chi connectivity index (χ0) is 12.1. The normalized spacial score (nSPS) is 21.1. The van der Waals surface area contributed by atoms with E-state index in [9.17, 15) is 4.79 Å². The molecule has 2 rings (SSSR count). The highest BCUT2D eigenvalue weighted by Gasteiger charge is 2.23. The van der Waals surface area contributed by atoms with Crippen molar-refractivity contribution in [2.75, 3.05) is 6.61 Å². The Balaban J connectivity index is 1.69. The van der Waals surface area contributed by atoms with Crippen molar-refractivity contribution in [3.63, 3.8) is 0 Å². The molecule has 1 aliphatic rings. The van der Waals surface area contributed by atoms with Crippen LogP contribution in [0.15, 0.2) is 23.0 Å². The average molecular weight is 238 g/mol. The summed E-state index contributed by atoms with van der Waals surface area (Å²) in [4.78, 5) is 11.6. The topological polar surface area (TPSA) is 63.5 Å². The number of ether oxygens (including phenoxy) is 1. The fraction of sp³-hybridized carbons (Fsp3) is 0.583. The number of carbonyl (C=O) groups is 1. The number of rotatable bonds is 4. The van der Waals surface area contributed by atoms with Crippen LogP contribution in [0.2, 0.25) is 0 Å². The maximum Gasteiger partial charge on any atom is 0.315 e. The monoisotopic (exact) mass is 238 g/mol. The molecule has 1 aliphatic heterocycles. The van der Waals surface area contributed by atoms with Gasteiger partial charge in [-0.1, -0.05) is 0 Å². The summed E-state index contributed by atoms with van der Waals surface area (Å²) in [5.41, 5.74) is 0.949. The molecule has 94 valence electrons. The SMILES string of the molecule is C[C@@H](NC(=O)NCc1ccoc1)[C@H]1CCCO1. The summed E-state index contributed by atoms with van der Waals surface area (Å²) in [5, 5.41) is 5.65. The number of hydrogen-bond acceptors (Lipinski definition) is 3. The number of furan rings is 1. The summed E-state index contributed by atoms with van der Waals surface area (Å²) in [5.74, 6) is 0. The van der Waals surface area contributed by atoms with Crippen LogP contribution in [0.25, 0.3) is 0 Å². The van der Waals surface area contributed by atoms with E-state index in [0.29, 0.717) is 6.54 Å². The summed E-state index contributed by atoms with van der Waals surface area (Å²) >= 11 is 0. The van der Waals surface area contributed by atoms with Gasteiger partial charge in [-0.3, -0.25) is 0 Å². The van der Waals surface area contributed by atoms with E-state index in [1.165, 1.54) is 0 Å². The first kappa shape index (κ1) is 12.0. The van der Waals surface area contributed by atoms with Crippen LogP contribution in [-0.4, -0.2) is 24.8 Å². The molecule has 0 unspecified atom stereocenters. The van der Waals surface area contributed by atoms with Crippen molar-refractivity contribution >= 4 is 6.03 Å². The molecule has 0 saturated carbocycles. The first-order chi connectivity index (χ1) is 8.25. The van der Waals surface area contributed by atoms with Gasteiger partial charge in [-0.05, 0) is 25.8 Å². The lowest BCUT2D eigenvalue weighted by Crippen LogP contribution is -2.45. The molecule has 1 saturated heterocycles. The van der Waals surface area contributed by atoms with Crippen LogP contribution in [0.4, 0.5) is 4.79 Å². The molecule has 1 aromatic rings. The molecule has 1 aromatic heterocycles. The third-order valence-electron chi connectivity index (χ3n) is 2.91. The summed E-state index contributed by atoms with van der Waals surface area (Å²) in [6.07, 6.45) is 5.44. The second-order valence-electron chi connectivity index (χ2n) is 4.30. The number of nitrogens with one attached hydrogen (secondary N) is 2. The Labute approximate surface area is 101 Å². The van der Waals surface area contributed by atoms with Crippen molar-refractivity contribution in [1.82, 2.24) is 10.6 Å². The zero-order valence-electron chi connectivity index (χ0n) is 9.94. The van der Waals surface area contributed by atoms with Crippen LogP contribution >= 0.6 is 0 Å². The number of amides is 2. The van der Waals surface area contributed by atoms with Gasteiger partial charge in [-0.25, -0.2) is 4.79 Å². The lowest BCUT2D eigenvalue weighted by atomic mass is 10.1. The van der Waals surface area contributed by atoms with Crippen LogP contribution in [0.5, 0.6) is 0 Å². The van der Waals surface area contributed by atoms with Crippen molar-refractivity contribution in [3.05, 3.63) is 24.2 Å². The van der Waals surface area contributed by atoms with E-state index in [0.717, 1.165) is 25.0 Å². The van der Waals surface area contributed by atoms with Crippen molar-refractivity contribution in [2.45, 2.75) is 38.5 Å². The highest BCUT2D eigenvalue weighted by molar-refractivity contribution is 5.74. The maximum atomic E-state index is 11.6. The Bertz CT molecular complexity index is 345. The van der Waals surface area contributed by atoms with Crippen LogP contribution in [-0.2, 0) is 11.3 Å². The predicted molar refractivity (Wildman–Crippen MR) is 62.5 cm³/mol. The van der Waals surface area contributed by atoms with Gasteiger partial charge in [0.25, 0.3) is 0 Å². The smallest absolute Gasteiger partial charge is 0.315 e. The lowest BCUT2D eigenvalue weighted by Gasteiger charge is -2.20. The molecule has 0 bridgehead atoms. The van der Waals surface area contributed by atoms with Gasteiger partial charge in [0.1, 0.15) is 0 Å². The predicted octanol–water partition coefficient (Wildman–Crippen LogP) is 1.65. The van der Waals surface area contributed by atoms with Gasteiger partial charge < -0.3 is 19.8 Å². The van der Waals surface area contributed by atoms with Crippen molar-refractivity contribution in [1.29, 1.82) is 0 Å². The van der Waals surface area contributed by atoms with Gasteiger partial charge in [0.15, 0.2) is 0 Å². The van der Waals surface area contributed by atoms with Gasteiger partial charge in [-0.15, -0.1) is 0 Å². The summed E-state index contributed by atoms with van der Waals surface area (Å²) in [6.45, 7) is 3.24. The molecule has 1 fully saturated rings. The Morgan fingerprint density at radius 3 is 3.18 bits per heavy atom. The molecular weight excluding hydrogens is 220 g/mol. The fourth-order valence-electron chi connectivity index (χ4n) is 1.92. The molecule has 2 atom stereocenters. The van der Waals surface area contributed by atoms with E-state index in [1.807, 2.05) is 13.0 Å². The first-order valence-electron chi connectivity index (χ1n) is 5.93. The van der Waals surface area contributed by atoms with Gasteiger partial charge in [0.05, 0.1) is 24.7 Å². The lowest BCUT2D eigenvalue weighted by molar-refractivity contribution is 0.0860. The van der Waals surface area contributed by atoms with Crippen molar-refractivity contribution < 1.29 is 13.9 Å². The summed E-state index contributed by atoms with van der Waals surface area (Å²) in [6, 6.07) is 1.69. The van der Waals surface area contributed by atoms with Gasteiger partial charge >= 0.3 is 6.03 Å². The molecule has 2 amide bonds. The molecule has 2 heterocycles. The van der Waals surface area contributed by atoms with E-state index in [4.69, 9.17) is 9.15 Å². The number of hydrogen-bond donors (Lipinski definition) is 2. The van der Waals surface area contributed by atoms with E-state index < -0.39 is 0 Å². The van der Waals surface area contributed by atoms with Gasteiger partial charge in [-0.2, -0.15) is 0 Å². The molecule has 0 radical (unpaired) electrons. The summed E-state index contributed by atoms with van der Waals surface area (Å²) in [7, 11) is 0. The van der Waals surface area contributed by atoms with E-state index >= 15 is 0 Å². The Morgan fingerprint density at radius 2 is 2.53 bits per heavy atom. The number of carbonyl (C=O) groups excluding carboxylic acids is 1. The standard InChI is InChI=1S/C12H18N2O3/c1-9(11-3-2-5-17-11)14-12(15)13-7-10-4-6-16-8-10/h4,6,8-9,11H,2-3,5,7H2,1H3,(H2,13,14,15)/t9-,11-/m1/s1. The maximum absolute atomic E-state index is 11.6. The average Bonchev–Trinajstić information content (AvgIpc) is 2.99. The summed E-state index contributed by atoms with van der Waals surface area (Å²) < 4.78 is 10.4. The minimum Gasteiger partial charge on any atom is -0.472 e. The Kier molecular flexibility index (Phi) is 4.03. The Morgan fingerprint density at radius 1 is 1.65 bits per heavy atom. The minimum absolute atomic E-state index is 0.0434. The second kappa shape index (κ2) is 5.72. The zero-order valence-corrected chi connectivity index (χ0v) is 9.94. The number of urea groups is 1. The molecule has 0 spiro atoms. The van der Waals surface area contributed by atoms with E-state index in [1.54, 1.807) is 12.5 Å². The van der Waals surface area contributed by atoms with E-state index in [-0.39, 0.29) is 18.2 Å². The van der Waals surface area contributed by atoms with Crippen molar-refractivity contribution in [2.24, 2.45) is 0 Å². The van der Waals surface area contributed by atoms with Gasteiger partial charge in [0, 0.05) is 18.7 Å². The van der Waals surface area contributed by atoms with Crippen LogP contribution < -0.4 is 10.6 Å². The Hall–Kier alpha value is -1.49. The van der Waals surface area contributed by atoms with Crippen molar-refractivity contribution in [3.8, 4) is 0 Å². The quantitative estimate of drug-likeness (QED) is 0.838. The third-order valence-corrected chi connectivity index (χ3v) is 2.91. The minimum atomic E-state index is -0.172. The second-order valence-corrected chi connectivity index (χ2v) is 4.30. The highest BCUT2D eigenvalue weighted by Crippen LogP contribution is 2.15. The first-order valence-corrected chi connectivity index (χ1v) is 5.93. The largest absolute Gasteiger partial charge is 0.472 e. The molecular formula is C12H18N2O3.